The minimum absolute atomic E-state index is 0.194. The highest BCUT2D eigenvalue weighted by Crippen LogP contribution is 2.21. The Balaban J connectivity index is 1.95. The van der Waals surface area contributed by atoms with Gasteiger partial charge in [0.05, 0.1) is 0 Å². The quantitative estimate of drug-likeness (QED) is 0.909. The van der Waals surface area contributed by atoms with Gasteiger partial charge in [-0.25, -0.2) is 4.39 Å². The van der Waals surface area contributed by atoms with Crippen LogP contribution in [0, 0.1) is 5.82 Å². The largest absolute Gasteiger partial charge is 0.368 e. The summed E-state index contributed by atoms with van der Waals surface area (Å²) in [5.41, 5.74) is 6.51. The van der Waals surface area contributed by atoms with Crippen LogP contribution in [0.25, 0.3) is 11.4 Å². The van der Waals surface area contributed by atoms with Gasteiger partial charge in [-0.3, -0.25) is 0 Å². The van der Waals surface area contributed by atoms with Crippen molar-refractivity contribution in [1.29, 1.82) is 0 Å². The lowest BCUT2D eigenvalue weighted by Crippen LogP contribution is -2.31. The number of halogens is 1. The van der Waals surface area contributed by atoms with Crippen molar-refractivity contribution in [2.45, 2.75) is 19.3 Å². The normalized spacial score (nSPS) is 15.3. The number of nitrogens with zero attached hydrogens (tertiary/aromatic N) is 4. The molecule has 2 aromatic rings. The molecule has 0 aliphatic carbocycles. The number of piperidine rings is 1. The van der Waals surface area contributed by atoms with Crippen molar-refractivity contribution in [3.8, 4) is 11.4 Å². The molecule has 5 nitrogen and oxygen atoms in total. The van der Waals surface area contributed by atoms with Gasteiger partial charge in [-0.2, -0.15) is 15.0 Å². The van der Waals surface area contributed by atoms with Crippen molar-refractivity contribution in [1.82, 2.24) is 15.0 Å². The van der Waals surface area contributed by atoms with Gasteiger partial charge in [0.1, 0.15) is 5.82 Å². The molecule has 1 aromatic heterocycles. The van der Waals surface area contributed by atoms with E-state index < -0.39 is 0 Å². The Hall–Kier alpha value is -2.24. The second-order valence-electron chi connectivity index (χ2n) is 4.87. The molecule has 0 amide bonds. The molecule has 2 heterocycles. The zero-order valence-corrected chi connectivity index (χ0v) is 11.1. The summed E-state index contributed by atoms with van der Waals surface area (Å²) in [6.45, 7) is 1.87. The van der Waals surface area contributed by atoms with E-state index in [4.69, 9.17) is 5.73 Å². The third-order valence-corrected chi connectivity index (χ3v) is 3.38. The molecule has 6 heteroatoms. The van der Waals surface area contributed by atoms with Gasteiger partial charge in [0.2, 0.25) is 11.9 Å². The molecular formula is C14H16FN5. The van der Waals surface area contributed by atoms with Crippen LogP contribution in [-0.2, 0) is 0 Å². The maximum atomic E-state index is 13.0. The highest BCUT2D eigenvalue weighted by Gasteiger charge is 2.16. The Morgan fingerprint density at radius 2 is 1.65 bits per heavy atom. The van der Waals surface area contributed by atoms with E-state index in [1.54, 1.807) is 12.1 Å². The summed E-state index contributed by atoms with van der Waals surface area (Å²) in [6, 6.07) is 6.06. The average molecular weight is 273 g/mol. The highest BCUT2D eigenvalue weighted by molar-refractivity contribution is 5.57. The first kappa shape index (κ1) is 12.8. The monoisotopic (exact) mass is 273 g/mol. The molecule has 0 bridgehead atoms. The summed E-state index contributed by atoms with van der Waals surface area (Å²) >= 11 is 0. The first-order valence-corrected chi connectivity index (χ1v) is 6.75. The van der Waals surface area contributed by atoms with E-state index in [9.17, 15) is 4.39 Å². The number of nitrogen functional groups attached to an aromatic ring is 1. The SMILES string of the molecule is Nc1nc(-c2ccc(F)cc2)nc(N2CCCCC2)n1. The van der Waals surface area contributed by atoms with Crippen molar-refractivity contribution in [2.75, 3.05) is 23.7 Å². The minimum Gasteiger partial charge on any atom is -0.368 e. The van der Waals surface area contributed by atoms with Crippen molar-refractivity contribution in [2.24, 2.45) is 0 Å². The zero-order chi connectivity index (χ0) is 13.9. The first-order valence-electron chi connectivity index (χ1n) is 6.75. The molecule has 0 atom stereocenters. The average Bonchev–Trinajstić information content (AvgIpc) is 2.48. The fourth-order valence-corrected chi connectivity index (χ4v) is 2.34. The fraction of sp³-hybridized carbons (Fsp3) is 0.357. The smallest absolute Gasteiger partial charge is 0.230 e. The standard InChI is InChI=1S/C14H16FN5/c15-11-6-4-10(5-7-11)12-17-13(16)19-14(18-12)20-8-2-1-3-9-20/h4-7H,1-3,8-9H2,(H2,16,17,18,19). The van der Waals surface area contributed by atoms with Gasteiger partial charge in [-0.15, -0.1) is 0 Å². The number of benzene rings is 1. The number of hydrogen-bond donors (Lipinski definition) is 1. The lowest BCUT2D eigenvalue weighted by Gasteiger charge is -2.26. The number of aromatic nitrogens is 3. The molecular weight excluding hydrogens is 257 g/mol. The van der Waals surface area contributed by atoms with E-state index in [1.165, 1.54) is 18.6 Å². The topological polar surface area (TPSA) is 67.9 Å². The number of anilines is 2. The van der Waals surface area contributed by atoms with Gasteiger partial charge >= 0.3 is 0 Å². The fourth-order valence-electron chi connectivity index (χ4n) is 2.34. The van der Waals surface area contributed by atoms with Crippen LogP contribution in [0.2, 0.25) is 0 Å². The van der Waals surface area contributed by atoms with Gasteiger partial charge < -0.3 is 10.6 Å². The molecule has 0 radical (unpaired) electrons. The predicted molar refractivity (Wildman–Crippen MR) is 75.7 cm³/mol. The van der Waals surface area contributed by atoms with Crippen LogP contribution in [0.5, 0.6) is 0 Å². The molecule has 1 aromatic carbocycles. The van der Waals surface area contributed by atoms with Crippen molar-refractivity contribution in [3.63, 3.8) is 0 Å². The molecule has 0 saturated carbocycles. The van der Waals surface area contributed by atoms with Crippen LogP contribution in [0.1, 0.15) is 19.3 Å². The van der Waals surface area contributed by atoms with Crippen molar-refractivity contribution < 1.29 is 4.39 Å². The summed E-state index contributed by atoms with van der Waals surface area (Å²) in [6.07, 6.45) is 3.51. The Labute approximate surface area is 116 Å². The van der Waals surface area contributed by atoms with E-state index in [0.717, 1.165) is 31.5 Å². The third-order valence-electron chi connectivity index (χ3n) is 3.38. The van der Waals surface area contributed by atoms with Gasteiger partial charge in [0.25, 0.3) is 0 Å². The van der Waals surface area contributed by atoms with Crippen LogP contribution < -0.4 is 10.6 Å². The van der Waals surface area contributed by atoms with Gasteiger partial charge in [0, 0.05) is 18.7 Å². The van der Waals surface area contributed by atoms with Crippen LogP contribution in [0.15, 0.2) is 24.3 Å². The molecule has 1 saturated heterocycles. The number of hydrogen-bond acceptors (Lipinski definition) is 5. The van der Waals surface area contributed by atoms with E-state index in [2.05, 4.69) is 19.9 Å². The lowest BCUT2D eigenvalue weighted by atomic mass is 10.1. The Bertz CT molecular complexity index is 593. The summed E-state index contributed by atoms with van der Waals surface area (Å²) < 4.78 is 13.0. The molecule has 0 spiro atoms. The Morgan fingerprint density at radius 1 is 0.950 bits per heavy atom. The number of nitrogens with two attached hydrogens (primary N) is 1. The number of rotatable bonds is 2. The molecule has 20 heavy (non-hydrogen) atoms. The first-order chi connectivity index (χ1) is 9.72. The molecule has 1 aliphatic rings. The highest BCUT2D eigenvalue weighted by atomic mass is 19.1. The van der Waals surface area contributed by atoms with Crippen LogP contribution in [0.4, 0.5) is 16.3 Å². The summed E-state index contributed by atoms with van der Waals surface area (Å²) in [5.74, 6) is 1.00. The van der Waals surface area contributed by atoms with Gasteiger partial charge in [-0.05, 0) is 43.5 Å². The molecule has 1 fully saturated rings. The van der Waals surface area contributed by atoms with Crippen molar-refractivity contribution in [3.05, 3.63) is 30.1 Å². The van der Waals surface area contributed by atoms with Crippen LogP contribution in [0.3, 0.4) is 0 Å². The van der Waals surface area contributed by atoms with Crippen molar-refractivity contribution >= 4 is 11.9 Å². The molecule has 3 rings (SSSR count). The summed E-state index contributed by atoms with van der Waals surface area (Å²) in [4.78, 5) is 14.9. The van der Waals surface area contributed by atoms with E-state index >= 15 is 0 Å². The summed E-state index contributed by atoms with van der Waals surface area (Å²) in [7, 11) is 0. The second-order valence-corrected chi connectivity index (χ2v) is 4.87. The van der Waals surface area contributed by atoms with E-state index in [1.807, 2.05) is 0 Å². The lowest BCUT2D eigenvalue weighted by molar-refractivity contribution is 0.568. The maximum absolute atomic E-state index is 13.0. The third kappa shape index (κ3) is 2.68. The second kappa shape index (κ2) is 5.40. The molecule has 0 unspecified atom stereocenters. The zero-order valence-electron chi connectivity index (χ0n) is 11.1. The minimum atomic E-state index is -0.285. The Kier molecular flexibility index (Phi) is 3.45. The molecule has 2 N–H and O–H groups in total. The molecule has 104 valence electrons. The van der Waals surface area contributed by atoms with Gasteiger partial charge in [-0.1, -0.05) is 0 Å². The molecule has 1 aliphatic heterocycles. The summed E-state index contributed by atoms with van der Waals surface area (Å²) in [5, 5.41) is 0. The van der Waals surface area contributed by atoms with Gasteiger partial charge in [0.15, 0.2) is 5.82 Å². The van der Waals surface area contributed by atoms with Crippen LogP contribution in [-0.4, -0.2) is 28.0 Å². The van der Waals surface area contributed by atoms with Crippen LogP contribution >= 0.6 is 0 Å². The Morgan fingerprint density at radius 3 is 2.35 bits per heavy atom. The maximum Gasteiger partial charge on any atom is 0.230 e. The predicted octanol–water partition coefficient (Wildman–Crippen LogP) is 2.25. The van der Waals surface area contributed by atoms with E-state index in [-0.39, 0.29) is 11.8 Å². The van der Waals surface area contributed by atoms with E-state index in [0.29, 0.717) is 11.8 Å².